The Morgan fingerprint density at radius 2 is 1.86 bits per heavy atom. The summed E-state index contributed by atoms with van der Waals surface area (Å²) in [6.45, 7) is 0. The average molecular weight is 372 g/mol. The van der Waals surface area contributed by atoms with Crippen LogP contribution in [0.3, 0.4) is 0 Å². The number of hydrogen-bond acceptors (Lipinski definition) is 5. The molecule has 0 saturated carbocycles. The van der Waals surface area contributed by atoms with Gasteiger partial charge in [0.05, 0.1) is 10.7 Å². The van der Waals surface area contributed by atoms with E-state index in [4.69, 9.17) is 0 Å². The van der Waals surface area contributed by atoms with Gasteiger partial charge in [-0.3, -0.25) is 14.8 Å². The molecule has 9 heteroatoms. The van der Waals surface area contributed by atoms with Gasteiger partial charge < -0.3 is 0 Å². The lowest BCUT2D eigenvalue weighted by molar-refractivity contribution is -0.384. The number of nitro groups is 1. The van der Waals surface area contributed by atoms with Crippen LogP contribution in [0.15, 0.2) is 47.1 Å². The van der Waals surface area contributed by atoms with Crippen molar-refractivity contribution in [3.8, 4) is 0 Å². The minimum absolute atomic E-state index is 0.0846. The van der Waals surface area contributed by atoms with Crippen molar-refractivity contribution in [3.63, 3.8) is 0 Å². The van der Waals surface area contributed by atoms with E-state index < -0.39 is 14.9 Å². The van der Waals surface area contributed by atoms with Crippen LogP contribution in [0.5, 0.6) is 0 Å². The molecule has 0 unspecified atom stereocenters. The third kappa shape index (κ3) is 4.50. The van der Waals surface area contributed by atoms with Crippen LogP contribution in [-0.4, -0.2) is 18.3 Å². The second-order valence-electron chi connectivity index (χ2n) is 4.15. The fraction of sp³-hybridized carbons (Fsp3) is 0.0833. The number of anilines is 1. The molecule has 1 heterocycles. The van der Waals surface area contributed by atoms with Gasteiger partial charge in [0.25, 0.3) is 5.69 Å². The van der Waals surface area contributed by atoms with Gasteiger partial charge in [0.1, 0.15) is 5.82 Å². The van der Waals surface area contributed by atoms with Crippen molar-refractivity contribution in [1.82, 2.24) is 4.98 Å². The summed E-state index contributed by atoms with van der Waals surface area (Å²) >= 11 is 3.20. The van der Waals surface area contributed by atoms with Gasteiger partial charge in [0.2, 0.25) is 10.0 Å². The van der Waals surface area contributed by atoms with Gasteiger partial charge in [-0.2, -0.15) is 0 Å². The predicted molar refractivity (Wildman–Crippen MR) is 81.3 cm³/mol. The summed E-state index contributed by atoms with van der Waals surface area (Å²) in [6.07, 6.45) is 1.48. The van der Waals surface area contributed by atoms with E-state index in [1.165, 1.54) is 36.5 Å². The summed E-state index contributed by atoms with van der Waals surface area (Å²) in [6, 6.07) is 8.54. The predicted octanol–water partition coefficient (Wildman–Crippen LogP) is 2.69. The Balaban J connectivity index is 2.10. The largest absolute Gasteiger partial charge is 0.269 e. The molecule has 1 N–H and O–H groups in total. The molecule has 1 aromatic heterocycles. The summed E-state index contributed by atoms with van der Waals surface area (Å²) < 4.78 is 27.0. The van der Waals surface area contributed by atoms with Gasteiger partial charge in [0, 0.05) is 22.8 Å². The minimum atomic E-state index is -3.63. The van der Waals surface area contributed by atoms with Gasteiger partial charge in [-0.05, 0) is 33.6 Å². The molecule has 0 saturated heterocycles. The molecule has 21 heavy (non-hydrogen) atoms. The van der Waals surface area contributed by atoms with Crippen molar-refractivity contribution in [1.29, 1.82) is 0 Å². The number of hydrogen-bond donors (Lipinski definition) is 1. The number of rotatable bonds is 5. The first kappa shape index (κ1) is 15.4. The van der Waals surface area contributed by atoms with Gasteiger partial charge in [-0.15, -0.1) is 0 Å². The Labute approximate surface area is 129 Å². The zero-order valence-electron chi connectivity index (χ0n) is 10.6. The Morgan fingerprint density at radius 1 is 1.19 bits per heavy atom. The highest BCUT2D eigenvalue weighted by Gasteiger charge is 2.13. The van der Waals surface area contributed by atoms with E-state index in [1.807, 2.05) is 0 Å². The number of sulfonamides is 1. The van der Waals surface area contributed by atoms with E-state index in [9.17, 15) is 18.5 Å². The van der Waals surface area contributed by atoms with Crippen LogP contribution >= 0.6 is 15.9 Å². The number of nitrogens with zero attached hydrogens (tertiary/aromatic N) is 2. The van der Waals surface area contributed by atoms with Crippen molar-refractivity contribution in [2.75, 3.05) is 4.72 Å². The Hall–Kier alpha value is -2.00. The summed E-state index contributed by atoms with van der Waals surface area (Å²) in [4.78, 5) is 13.9. The number of nitro benzene ring substituents is 1. The first-order chi connectivity index (χ1) is 9.85. The van der Waals surface area contributed by atoms with Crippen LogP contribution in [-0.2, 0) is 15.8 Å². The Morgan fingerprint density at radius 3 is 2.38 bits per heavy atom. The van der Waals surface area contributed by atoms with Crippen molar-refractivity contribution in [3.05, 3.63) is 62.7 Å². The number of aromatic nitrogens is 1. The van der Waals surface area contributed by atoms with E-state index in [0.29, 0.717) is 5.56 Å². The molecular weight excluding hydrogens is 362 g/mol. The van der Waals surface area contributed by atoms with E-state index in [1.54, 1.807) is 6.07 Å². The highest BCUT2D eigenvalue weighted by molar-refractivity contribution is 9.10. The Bertz CT molecular complexity index is 745. The molecule has 0 aliphatic heterocycles. The molecule has 0 fully saturated rings. The maximum atomic E-state index is 12.0. The standard InChI is InChI=1S/C12H10BrN3O4S/c13-10-3-6-12(14-7-10)15-21(19,20)8-9-1-4-11(5-2-9)16(17)18/h1-7H,8H2,(H,14,15). The SMILES string of the molecule is O=[N+]([O-])c1ccc(CS(=O)(=O)Nc2ccc(Br)cn2)cc1. The average Bonchev–Trinajstić information content (AvgIpc) is 2.41. The molecule has 2 aromatic rings. The quantitative estimate of drug-likeness (QED) is 0.642. The van der Waals surface area contributed by atoms with Crippen LogP contribution in [0.25, 0.3) is 0 Å². The normalized spacial score (nSPS) is 11.1. The topological polar surface area (TPSA) is 102 Å². The lowest BCUT2D eigenvalue weighted by Gasteiger charge is -2.07. The van der Waals surface area contributed by atoms with Crippen molar-refractivity contribution in [2.24, 2.45) is 0 Å². The zero-order chi connectivity index (χ0) is 15.5. The number of non-ortho nitro benzene ring substituents is 1. The number of pyridine rings is 1. The summed E-state index contributed by atoms with van der Waals surface area (Å²) in [5, 5.41) is 10.5. The number of halogens is 1. The molecule has 0 aliphatic carbocycles. The molecule has 0 amide bonds. The third-order valence-electron chi connectivity index (χ3n) is 2.49. The summed E-state index contributed by atoms with van der Waals surface area (Å²) in [7, 11) is -3.63. The molecule has 0 atom stereocenters. The van der Waals surface area contributed by atoms with Crippen molar-refractivity contribution >= 4 is 37.5 Å². The molecule has 7 nitrogen and oxygen atoms in total. The van der Waals surface area contributed by atoms with Gasteiger partial charge in [0.15, 0.2) is 0 Å². The molecule has 0 radical (unpaired) electrons. The lowest BCUT2D eigenvalue weighted by atomic mass is 10.2. The molecule has 0 aliphatic rings. The zero-order valence-corrected chi connectivity index (χ0v) is 13.0. The lowest BCUT2D eigenvalue weighted by Crippen LogP contribution is -2.15. The molecule has 0 bridgehead atoms. The maximum absolute atomic E-state index is 12.0. The summed E-state index contributed by atoms with van der Waals surface area (Å²) in [5.41, 5.74) is 0.365. The van der Waals surface area contributed by atoms with Gasteiger partial charge in [-0.1, -0.05) is 12.1 Å². The maximum Gasteiger partial charge on any atom is 0.269 e. The van der Waals surface area contributed by atoms with E-state index in [0.717, 1.165) is 4.47 Å². The van der Waals surface area contributed by atoms with Crippen LogP contribution < -0.4 is 4.72 Å². The fourth-order valence-corrected chi connectivity index (χ4v) is 2.94. The van der Waals surface area contributed by atoms with Gasteiger partial charge in [-0.25, -0.2) is 13.4 Å². The van der Waals surface area contributed by atoms with Crippen LogP contribution in [0, 0.1) is 10.1 Å². The first-order valence-corrected chi connectivity index (χ1v) is 8.16. The smallest absolute Gasteiger partial charge is 0.267 e. The highest BCUT2D eigenvalue weighted by Crippen LogP contribution is 2.16. The van der Waals surface area contributed by atoms with Crippen molar-refractivity contribution in [2.45, 2.75) is 5.75 Å². The monoisotopic (exact) mass is 371 g/mol. The fourth-order valence-electron chi connectivity index (χ4n) is 1.56. The molecular formula is C12H10BrN3O4S. The Kier molecular flexibility index (Phi) is 4.53. The van der Waals surface area contributed by atoms with Crippen LogP contribution in [0.1, 0.15) is 5.56 Å². The molecule has 2 rings (SSSR count). The van der Waals surface area contributed by atoms with Crippen LogP contribution in [0.4, 0.5) is 11.5 Å². The molecule has 0 spiro atoms. The van der Waals surface area contributed by atoms with Gasteiger partial charge >= 0.3 is 0 Å². The second-order valence-corrected chi connectivity index (χ2v) is 6.78. The van der Waals surface area contributed by atoms with E-state index in [-0.39, 0.29) is 17.3 Å². The van der Waals surface area contributed by atoms with Crippen LogP contribution in [0.2, 0.25) is 0 Å². The number of nitrogens with one attached hydrogen (secondary N) is 1. The third-order valence-corrected chi connectivity index (χ3v) is 4.19. The molecule has 110 valence electrons. The van der Waals surface area contributed by atoms with E-state index >= 15 is 0 Å². The first-order valence-electron chi connectivity index (χ1n) is 5.71. The molecule has 1 aromatic carbocycles. The van der Waals surface area contributed by atoms with E-state index in [2.05, 4.69) is 25.6 Å². The van der Waals surface area contributed by atoms with Crippen molar-refractivity contribution < 1.29 is 13.3 Å². The number of benzene rings is 1. The second kappa shape index (κ2) is 6.19. The highest BCUT2D eigenvalue weighted by atomic mass is 79.9. The minimum Gasteiger partial charge on any atom is -0.267 e. The summed E-state index contributed by atoms with van der Waals surface area (Å²) in [5.74, 6) is -0.0805.